The number of rotatable bonds is 2. The van der Waals surface area contributed by atoms with Crippen LogP contribution >= 0.6 is 12.6 Å². The zero-order valence-corrected chi connectivity index (χ0v) is 9.12. The fourth-order valence-electron chi connectivity index (χ4n) is 1.97. The van der Waals surface area contributed by atoms with Crippen molar-refractivity contribution in [3.8, 4) is 0 Å². The van der Waals surface area contributed by atoms with E-state index in [1.165, 1.54) is 12.0 Å². The lowest BCUT2D eigenvalue weighted by molar-refractivity contribution is 0.461. The third kappa shape index (κ3) is 2.71. The van der Waals surface area contributed by atoms with Gasteiger partial charge in [-0.25, -0.2) is 0 Å². The van der Waals surface area contributed by atoms with Crippen LogP contribution in [0.15, 0.2) is 23.3 Å². The van der Waals surface area contributed by atoms with E-state index in [0.29, 0.717) is 5.41 Å². The molecule has 0 aromatic carbocycles. The Morgan fingerprint density at radius 3 is 2.67 bits per heavy atom. The summed E-state index contributed by atoms with van der Waals surface area (Å²) in [5.41, 5.74) is 3.31. The van der Waals surface area contributed by atoms with Crippen molar-refractivity contribution >= 4 is 12.6 Å². The van der Waals surface area contributed by atoms with Crippen molar-refractivity contribution in [2.45, 2.75) is 33.6 Å². The molecule has 0 fully saturated rings. The molecule has 1 aliphatic rings. The molecule has 0 saturated heterocycles. The molecule has 0 nitrogen and oxygen atoms in total. The number of hydrogen-bond acceptors (Lipinski definition) is 1. The standard InChI is InChI=1S/C11H18S/c1-9-6-10(4-5-12)8-11(2,3)7-9/h6-7,12H,4-5,8H2,1-3H3. The first kappa shape index (κ1) is 9.91. The van der Waals surface area contributed by atoms with E-state index in [2.05, 4.69) is 45.6 Å². The van der Waals surface area contributed by atoms with Crippen LogP contribution in [0, 0.1) is 5.41 Å². The molecular weight excluding hydrogens is 164 g/mol. The highest BCUT2D eigenvalue weighted by molar-refractivity contribution is 7.80. The predicted molar refractivity (Wildman–Crippen MR) is 58.7 cm³/mol. The molecule has 0 radical (unpaired) electrons. The second-order valence-electron chi connectivity index (χ2n) is 4.33. The first-order valence-electron chi connectivity index (χ1n) is 4.53. The van der Waals surface area contributed by atoms with Gasteiger partial charge in [-0.3, -0.25) is 0 Å². The second kappa shape index (κ2) is 3.69. The van der Waals surface area contributed by atoms with Crippen LogP contribution in [0.5, 0.6) is 0 Å². The van der Waals surface area contributed by atoms with Crippen molar-refractivity contribution in [1.29, 1.82) is 0 Å². The minimum absolute atomic E-state index is 0.358. The molecule has 0 bridgehead atoms. The largest absolute Gasteiger partial charge is 0.179 e. The fraction of sp³-hybridized carbons (Fsp3) is 0.636. The monoisotopic (exact) mass is 182 g/mol. The second-order valence-corrected chi connectivity index (χ2v) is 4.78. The van der Waals surface area contributed by atoms with Gasteiger partial charge in [-0.05, 0) is 30.9 Å². The quantitative estimate of drug-likeness (QED) is 0.620. The molecule has 0 heterocycles. The average molecular weight is 182 g/mol. The smallest absolute Gasteiger partial charge is 0.00605 e. The van der Waals surface area contributed by atoms with Crippen molar-refractivity contribution < 1.29 is 0 Å². The maximum Gasteiger partial charge on any atom is -0.00605 e. The zero-order chi connectivity index (χ0) is 9.19. The summed E-state index contributed by atoms with van der Waals surface area (Å²) in [6.45, 7) is 6.77. The Hall–Kier alpha value is -0.170. The van der Waals surface area contributed by atoms with Crippen LogP contribution in [0.25, 0.3) is 0 Å². The lowest BCUT2D eigenvalue weighted by Crippen LogP contribution is -2.13. The van der Waals surface area contributed by atoms with Crippen LogP contribution in [0.4, 0.5) is 0 Å². The summed E-state index contributed by atoms with van der Waals surface area (Å²) < 4.78 is 0. The summed E-state index contributed by atoms with van der Waals surface area (Å²) in [6, 6.07) is 0. The van der Waals surface area contributed by atoms with E-state index in [-0.39, 0.29) is 0 Å². The van der Waals surface area contributed by atoms with Crippen LogP contribution in [-0.4, -0.2) is 5.75 Å². The first-order chi connectivity index (χ1) is 5.53. The van der Waals surface area contributed by atoms with E-state index in [9.17, 15) is 0 Å². The summed E-state index contributed by atoms with van der Waals surface area (Å²) in [6.07, 6.45) is 7.00. The first-order valence-corrected chi connectivity index (χ1v) is 5.16. The van der Waals surface area contributed by atoms with Gasteiger partial charge in [0.25, 0.3) is 0 Å². The van der Waals surface area contributed by atoms with Crippen LogP contribution in [0.2, 0.25) is 0 Å². The van der Waals surface area contributed by atoms with Gasteiger partial charge in [0.2, 0.25) is 0 Å². The maximum atomic E-state index is 4.26. The van der Waals surface area contributed by atoms with E-state index < -0.39 is 0 Å². The molecule has 0 saturated carbocycles. The van der Waals surface area contributed by atoms with Gasteiger partial charge in [0, 0.05) is 0 Å². The van der Waals surface area contributed by atoms with E-state index in [1.807, 2.05) is 0 Å². The molecule has 0 N–H and O–H groups in total. The normalized spacial score (nSPS) is 21.7. The highest BCUT2D eigenvalue weighted by Crippen LogP contribution is 2.34. The van der Waals surface area contributed by atoms with Gasteiger partial charge >= 0.3 is 0 Å². The summed E-state index contributed by atoms with van der Waals surface area (Å²) in [5.74, 6) is 0.967. The summed E-state index contributed by atoms with van der Waals surface area (Å²) in [4.78, 5) is 0. The number of allylic oxidation sites excluding steroid dienone is 4. The zero-order valence-electron chi connectivity index (χ0n) is 8.22. The molecular formula is C11H18S. The van der Waals surface area contributed by atoms with E-state index in [4.69, 9.17) is 0 Å². The molecule has 0 aromatic rings. The molecule has 0 amide bonds. The summed E-state index contributed by atoms with van der Waals surface area (Å²) >= 11 is 4.26. The van der Waals surface area contributed by atoms with Gasteiger partial charge in [0.05, 0.1) is 0 Å². The Bertz CT molecular complexity index is 221. The molecule has 0 aliphatic heterocycles. The molecule has 12 heavy (non-hydrogen) atoms. The average Bonchev–Trinajstić information content (AvgIpc) is 1.82. The Balaban J connectivity index is 2.74. The predicted octanol–water partition coefficient (Wildman–Crippen LogP) is 3.61. The van der Waals surface area contributed by atoms with Gasteiger partial charge in [-0.15, -0.1) is 0 Å². The van der Waals surface area contributed by atoms with Crippen molar-refractivity contribution in [2.75, 3.05) is 5.75 Å². The molecule has 0 aromatic heterocycles. The van der Waals surface area contributed by atoms with Crippen LogP contribution < -0.4 is 0 Å². The van der Waals surface area contributed by atoms with Crippen molar-refractivity contribution in [3.05, 3.63) is 23.3 Å². The topological polar surface area (TPSA) is 0 Å². The fourth-order valence-corrected chi connectivity index (χ4v) is 2.26. The van der Waals surface area contributed by atoms with Crippen LogP contribution in [0.3, 0.4) is 0 Å². The van der Waals surface area contributed by atoms with E-state index >= 15 is 0 Å². The van der Waals surface area contributed by atoms with Crippen molar-refractivity contribution in [2.24, 2.45) is 5.41 Å². The maximum absolute atomic E-state index is 4.26. The Kier molecular flexibility index (Phi) is 3.05. The van der Waals surface area contributed by atoms with Crippen LogP contribution in [0.1, 0.15) is 33.6 Å². The summed E-state index contributed by atoms with van der Waals surface area (Å²) in [7, 11) is 0. The minimum Gasteiger partial charge on any atom is -0.179 e. The molecule has 0 spiro atoms. The van der Waals surface area contributed by atoms with Crippen molar-refractivity contribution in [3.63, 3.8) is 0 Å². The van der Waals surface area contributed by atoms with Gasteiger partial charge in [0.1, 0.15) is 0 Å². The Morgan fingerprint density at radius 1 is 1.50 bits per heavy atom. The molecule has 68 valence electrons. The van der Waals surface area contributed by atoms with Gasteiger partial charge in [-0.1, -0.05) is 37.1 Å². The van der Waals surface area contributed by atoms with Crippen molar-refractivity contribution in [1.82, 2.24) is 0 Å². The summed E-state index contributed by atoms with van der Waals surface area (Å²) in [5, 5.41) is 0. The third-order valence-electron chi connectivity index (χ3n) is 2.17. The molecule has 1 heteroatoms. The Labute approximate surface area is 81.2 Å². The van der Waals surface area contributed by atoms with E-state index in [0.717, 1.165) is 12.2 Å². The molecule has 1 aliphatic carbocycles. The molecule has 0 atom stereocenters. The highest BCUT2D eigenvalue weighted by Gasteiger charge is 2.19. The Morgan fingerprint density at radius 2 is 2.17 bits per heavy atom. The number of hydrogen-bond donors (Lipinski definition) is 1. The third-order valence-corrected chi connectivity index (χ3v) is 2.39. The van der Waals surface area contributed by atoms with Crippen LogP contribution in [-0.2, 0) is 0 Å². The van der Waals surface area contributed by atoms with E-state index in [1.54, 1.807) is 5.57 Å². The number of thiol groups is 1. The highest BCUT2D eigenvalue weighted by atomic mass is 32.1. The lowest BCUT2D eigenvalue weighted by atomic mass is 9.79. The van der Waals surface area contributed by atoms with Gasteiger partial charge < -0.3 is 0 Å². The molecule has 0 unspecified atom stereocenters. The minimum atomic E-state index is 0.358. The van der Waals surface area contributed by atoms with Gasteiger partial charge in [-0.2, -0.15) is 12.6 Å². The lowest BCUT2D eigenvalue weighted by Gasteiger charge is -2.26. The van der Waals surface area contributed by atoms with Gasteiger partial charge in [0.15, 0.2) is 0 Å². The SMILES string of the molecule is CC1=CC(C)(C)CC(CCS)=C1. The molecule has 1 rings (SSSR count).